The van der Waals surface area contributed by atoms with Crippen molar-refractivity contribution in [3.8, 4) is 0 Å². The second-order valence-electron chi connectivity index (χ2n) is 2.48. The smallest absolute Gasteiger partial charge is 0.407 e. The van der Waals surface area contributed by atoms with Crippen LogP contribution in [0.4, 0.5) is 4.79 Å². The number of hydrogen-bond donors (Lipinski definition) is 2. The van der Waals surface area contributed by atoms with Crippen LogP contribution in [0, 0.1) is 0 Å². The fourth-order valence-electron chi connectivity index (χ4n) is 1.13. The number of carbonyl (C=O) groups is 1. The molecule has 11 heavy (non-hydrogen) atoms. The van der Waals surface area contributed by atoms with Gasteiger partial charge in [0.25, 0.3) is 0 Å². The lowest BCUT2D eigenvalue weighted by Crippen LogP contribution is -2.43. The molecule has 2 N–H and O–H groups in total. The fourth-order valence-corrected chi connectivity index (χ4v) is 1.13. The minimum atomic E-state index is -0.964. The summed E-state index contributed by atoms with van der Waals surface area (Å²) in [7, 11) is 0. The SMILES string of the molecule is O=C(O)N1CC=CCC1CO. The zero-order chi connectivity index (χ0) is 8.27. The van der Waals surface area contributed by atoms with E-state index in [1.165, 1.54) is 4.90 Å². The molecule has 0 aromatic rings. The zero-order valence-corrected chi connectivity index (χ0v) is 6.10. The van der Waals surface area contributed by atoms with Crippen molar-refractivity contribution >= 4 is 6.09 Å². The average molecular weight is 157 g/mol. The van der Waals surface area contributed by atoms with Gasteiger partial charge in [0, 0.05) is 6.54 Å². The van der Waals surface area contributed by atoms with Crippen LogP contribution >= 0.6 is 0 Å². The quantitative estimate of drug-likeness (QED) is 0.538. The van der Waals surface area contributed by atoms with Crippen LogP contribution in [0.25, 0.3) is 0 Å². The minimum absolute atomic E-state index is 0.101. The Labute approximate surface area is 64.7 Å². The highest BCUT2D eigenvalue weighted by Crippen LogP contribution is 2.10. The molecular formula is C7H11NO3. The molecule has 0 aromatic carbocycles. The van der Waals surface area contributed by atoms with Crippen LogP contribution in [0.1, 0.15) is 6.42 Å². The minimum Gasteiger partial charge on any atom is -0.465 e. The third-order valence-electron chi connectivity index (χ3n) is 1.77. The van der Waals surface area contributed by atoms with Gasteiger partial charge in [-0.15, -0.1) is 0 Å². The van der Waals surface area contributed by atoms with Crippen LogP contribution in [-0.4, -0.2) is 40.4 Å². The lowest BCUT2D eigenvalue weighted by Gasteiger charge is -2.28. The molecule has 4 nitrogen and oxygen atoms in total. The van der Waals surface area contributed by atoms with Gasteiger partial charge in [0.2, 0.25) is 0 Å². The van der Waals surface area contributed by atoms with Crippen molar-refractivity contribution in [2.24, 2.45) is 0 Å². The van der Waals surface area contributed by atoms with E-state index in [1.54, 1.807) is 6.08 Å². The second kappa shape index (κ2) is 3.39. The van der Waals surface area contributed by atoms with E-state index in [0.717, 1.165) is 0 Å². The van der Waals surface area contributed by atoms with E-state index in [-0.39, 0.29) is 12.6 Å². The summed E-state index contributed by atoms with van der Waals surface area (Å²) in [6.45, 7) is 0.289. The highest BCUT2D eigenvalue weighted by atomic mass is 16.4. The molecule has 0 fully saturated rings. The Kier molecular flexibility index (Phi) is 2.48. The highest BCUT2D eigenvalue weighted by Gasteiger charge is 2.22. The topological polar surface area (TPSA) is 60.8 Å². The van der Waals surface area contributed by atoms with Crippen molar-refractivity contribution in [3.05, 3.63) is 12.2 Å². The van der Waals surface area contributed by atoms with Crippen LogP contribution in [-0.2, 0) is 0 Å². The van der Waals surface area contributed by atoms with E-state index >= 15 is 0 Å². The normalized spacial score (nSPS) is 23.7. The first-order valence-corrected chi connectivity index (χ1v) is 3.51. The number of rotatable bonds is 1. The number of amides is 1. The van der Waals surface area contributed by atoms with E-state index in [9.17, 15) is 4.79 Å². The van der Waals surface area contributed by atoms with Crippen LogP contribution in [0.15, 0.2) is 12.2 Å². The molecule has 0 aliphatic carbocycles. The number of aliphatic hydroxyl groups excluding tert-OH is 1. The van der Waals surface area contributed by atoms with Gasteiger partial charge in [0.1, 0.15) is 0 Å². The largest absolute Gasteiger partial charge is 0.465 e. The maximum Gasteiger partial charge on any atom is 0.407 e. The van der Waals surface area contributed by atoms with E-state index in [0.29, 0.717) is 13.0 Å². The van der Waals surface area contributed by atoms with Gasteiger partial charge in [-0.2, -0.15) is 0 Å². The summed E-state index contributed by atoms with van der Waals surface area (Å²) >= 11 is 0. The van der Waals surface area contributed by atoms with E-state index in [4.69, 9.17) is 10.2 Å². The third kappa shape index (κ3) is 1.71. The summed E-state index contributed by atoms with van der Waals surface area (Å²) in [5, 5.41) is 17.4. The molecule has 1 atom stereocenters. The van der Waals surface area contributed by atoms with Gasteiger partial charge >= 0.3 is 6.09 Å². The van der Waals surface area contributed by atoms with Crippen molar-refractivity contribution in [1.82, 2.24) is 4.90 Å². The van der Waals surface area contributed by atoms with Gasteiger partial charge in [0.15, 0.2) is 0 Å². The molecule has 1 aliphatic heterocycles. The van der Waals surface area contributed by atoms with Gasteiger partial charge in [-0.05, 0) is 6.42 Å². The van der Waals surface area contributed by atoms with E-state index in [1.807, 2.05) is 6.08 Å². The first-order valence-electron chi connectivity index (χ1n) is 3.51. The molecule has 0 spiro atoms. The third-order valence-corrected chi connectivity index (χ3v) is 1.77. The van der Waals surface area contributed by atoms with Gasteiger partial charge < -0.3 is 10.2 Å². The molecule has 0 radical (unpaired) electrons. The molecule has 4 heteroatoms. The Hall–Kier alpha value is -1.03. The van der Waals surface area contributed by atoms with Crippen LogP contribution in [0.5, 0.6) is 0 Å². The maximum absolute atomic E-state index is 10.5. The van der Waals surface area contributed by atoms with Gasteiger partial charge in [-0.25, -0.2) is 4.79 Å². The highest BCUT2D eigenvalue weighted by molar-refractivity contribution is 5.66. The monoisotopic (exact) mass is 157 g/mol. The number of carboxylic acid groups (broad SMARTS) is 1. The predicted octanol–water partition coefficient (Wildman–Crippen LogP) is 0.287. The lowest BCUT2D eigenvalue weighted by molar-refractivity contribution is 0.102. The second-order valence-corrected chi connectivity index (χ2v) is 2.48. The summed E-state index contributed by atoms with van der Waals surface area (Å²) < 4.78 is 0. The average Bonchev–Trinajstić information content (AvgIpc) is 2.04. The summed E-state index contributed by atoms with van der Waals surface area (Å²) in [5.74, 6) is 0. The first kappa shape index (κ1) is 8.07. The molecule has 1 unspecified atom stereocenters. The molecule has 1 heterocycles. The Balaban J connectivity index is 2.61. The molecule has 0 aromatic heterocycles. The molecule has 0 saturated carbocycles. The van der Waals surface area contributed by atoms with E-state index in [2.05, 4.69) is 0 Å². The molecule has 1 amide bonds. The lowest BCUT2D eigenvalue weighted by atomic mass is 10.1. The van der Waals surface area contributed by atoms with Crippen LogP contribution < -0.4 is 0 Å². The summed E-state index contributed by atoms with van der Waals surface area (Å²) in [6.07, 6.45) is 3.33. The molecular weight excluding hydrogens is 146 g/mol. The summed E-state index contributed by atoms with van der Waals surface area (Å²) in [6, 6.07) is -0.252. The molecule has 1 rings (SSSR count). The fraction of sp³-hybridized carbons (Fsp3) is 0.571. The number of hydrogen-bond acceptors (Lipinski definition) is 2. The zero-order valence-electron chi connectivity index (χ0n) is 6.10. The number of nitrogens with zero attached hydrogens (tertiary/aromatic N) is 1. The predicted molar refractivity (Wildman–Crippen MR) is 39.4 cm³/mol. The van der Waals surface area contributed by atoms with Crippen molar-refractivity contribution < 1.29 is 15.0 Å². The van der Waals surface area contributed by atoms with Gasteiger partial charge in [-0.1, -0.05) is 12.2 Å². The molecule has 1 aliphatic rings. The first-order chi connectivity index (χ1) is 5.25. The summed E-state index contributed by atoms with van der Waals surface area (Å²) in [4.78, 5) is 11.7. The van der Waals surface area contributed by atoms with Gasteiger partial charge in [0.05, 0.1) is 12.6 Å². The van der Waals surface area contributed by atoms with Gasteiger partial charge in [-0.3, -0.25) is 4.90 Å². The van der Waals surface area contributed by atoms with Crippen molar-refractivity contribution in [2.45, 2.75) is 12.5 Å². The van der Waals surface area contributed by atoms with Crippen LogP contribution in [0.2, 0.25) is 0 Å². The Morgan fingerprint density at radius 2 is 2.36 bits per heavy atom. The van der Waals surface area contributed by atoms with Crippen molar-refractivity contribution in [2.75, 3.05) is 13.2 Å². The Bertz CT molecular complexity index is 179. The van der Waals surface area contributed by atoms with Crippen LogP contribution in [0.3, 0.4) is 0 Å². The Morgan fingerprint density at radius 1 is 1.64 bits per heavy atom. The summed E-state index contributed by atoms with van der Waals surface area (Å²) in [5.41, 5.74) is 0. The maximum atomic E-state index is 10.5. The Morgan fingerprint density at radius 3 is 2.82 bits per heavy atom. The molecule has 62 valence electrons. The van der Waals surface area contributed by atoms with Crippen molar-refractivity contribution in [1.29, 1.82) is 0 Å². The molecule has 0 saturated heterocycles. The van der Waals surface area contributed by atoms with E-state index < -0.39 is 6.09 Å². The molecule has 0 bridgehead atoms. The van der Waals surface area contributed by atoms with Crippen molar-refractivity contribution in [3.63, 3.8) is 0 Å². The number of aliphatic hydroxyl groups is 1. The standard InChI is InChI=1S/C7H11NO3/c9-5-6-3-1-2-4-8(6)7(10)11/h1-2,6,9H,3-5H2,(H,10,11).